The number of nitrogen functional groups attached to an aromatic ring is 2. The smallest absolute Gasteiger partial charge is 0.163 e. The molecule has 3 heteroatoms. The second kappa shape index (κ2) is 5.90. The molecule has 0 aliphatic heterocycles. The molecule has 0 aromatic heterocycles. The zero-order valence-electron chi connectivity index (χ0n) is 12.3. The van der Waals surface area contributed by atoms with E-state index in [4.69, 9.17) is 11.5 Å². The Hall–Kier alpha value is -2.81. The van der Waals surface area contributed by atoms with Crippen molar-refractivity contribution in [3.63, 3.8) is 0 Å². The first kappa shape index (κ1) is 14.1. The van der Waals surface area contributed by atoms with Gasteiger partial charge in [-0.1, -0.05) is 30.3 Å². The lowest BCUT2D eigenvalue weighted by Crippen LogP contribution is -1.93. The minimum Gasteiger partial charge on any atom is -0.399 e. The molecule has 2 aromatic carbocycles. The van der Waals surface area contributed by atoms with Gasteiger partial charge in [-0.05, 0) is 53.5 Å². The summed E-state index contributed by atoms with van der Waals surface area (Å²) in [6, 6.07) is 15.2. The predicted octanol–water partition coefficient (Wildman–Crippen LogP) is 3.68. The molecule has 1 saturated carbocycles. The fourth-order valence-electron chi connectivity index (χ4n) is 2.57. The van der Waals surface area contributed by atoms with Gasteiger partial charge in [0.15, 0.2) is 5.78 Å². The van der Waals surface area contributed by atoms with Crippen LogP contribution in [0.1, 0.15) is 24.0 Å². The number of hydrogen-bond acceptors (Lipinski definition) is 3. The van der Waals surface area contributed by atoms with E-state index in [1.807, 2.05) is 54.6 Å². The quantitative estimate of drug-likeness (QED) is 0.654. The molecule has 1 aliphatic carbocycles. The fraction of sp³-hybridized carbons (Fsp3) is 0.105. The number of carbonyl (C=O) groups excluding carboxylic acids is 1. The maximum atomic E-state index is 12.1. The van der Waals surface area contributed by atoms with Gasteiger partial charge in [0.25, 0.3) is 0 Å². The maximum absolute atomic E-state index is 12.1. The highest BCUT2D eigenvalue weighted by Gasteiger charge is 2.22. The molecule has 0 saturated heterocycles. The Kier molecular flexibility index (Phi) is 3.79. The number of ketones is 1. The summed E-state index contributed by atoms with van der Waals surface area (Å²) in [6.07, 6.45) is 5.36. The van der Waals surface area contributed by atoms with Crippen LogP contribution in [-0.2, 0) is 4.79 Å². The van der Waals surface area contributed by atoms with Gasteiger partial charge < -0.3 is 11.5 Å². The average molecular weight is 290 g/mol. The van der Waals surface area contributed by atoms with Crippen molar-refractivity contribution in [2.75, 3.05) is 11.5 Å². The van der Waals surface area contributed by atoms with Gasteiger partial charge in [0.1, 0.15) is 0 Å². The van der Waals surface area contributed by atoms with Crippen molar-refractivity contribution in [1.82, 2.24) is 0 Å². The van der Waals surface area contributed by atoms with Crippen LogP contribution in [0.4, 0.5) is 11.4 Å². The highest BCUT2D eigenvalue weighted by molar-refractivity contribution is 6.08. The predicted molar refractivity (Wildman–Crippen MR) is 91.9 cm³/mol. The van der Waals surface area contributed by atoms with Gasteiger partial charge in [-0.2, -0.15) is 0 Å². The molecule has 3 rings (SSSR count). The van der Waals surface area contributed by atoms with Crippen LogP contribution in [0.3, 0.4) is 0 Å². The number of allylic oxidation sites excluding steroid dienone is 2. The van der Waals surface area contributed by atoms with Crippen molar-refractivity contribution in [3.8, 4) is 0 Å². The van der Waals surface area contributed by atoms with Gasteiger partial charge in [-0.15, -0.1) is 0 Å². The molecule has 0 unspecified atom stereocenters. The van der Waals surface area contributed by atoms with Crippen molar-refractivity contribution >= 4 is 29.3 Å². The third-order valence-electron chi connectivity index (χ3n) is 3.79. The first-order chi connectivity index (χ1) is 10.6. The minimum atomic E-state index is 0.193. The molecule has 0 bridgehead atoms. The van der Waals surface area contributed by atoms with Crippen LogP contribution in [0.25, 0.3) is 12.2 Å². The van der Waals surface area contributed by atoms with Crippen molar-refractivity contribution in [2.45, 2.75) is 12.8 Å². The molecular weight excluding hydrogens is 272 g/mol. The van der Waals surface area contributed by atoms with Crippen molar-refractivity contribution in [2.24, 2.45) is 0 Å². The molecule has 0 atom stereocenters. The van der Waals surface area contributed by atoms with Crippen molar-refractivity contribution in [3.05, 3.63) is 70.8 Å². The summed E-state index contributed by atoms with van der Waals surface area (Å²) in [6.45, 7) is 0. The van der Waals surface area contributed by atoms with Gasteiger partial charge in [0.05, 0.1) is 0 Å². The minimum absolute atomic E-state index is 0.193. The summed E-state index contributed by atoms with van der Waals surface area (Å²) in [5.41, 5.74) is 16.8. The summed E-state index contributed by atoms with van der Waals surface area (Å²) < 4.78 is 0. The van der Waals surface area contributed by atoms with Crippen molar-refractivity contribution in [1.29, 1.82) is 0 Å². The lowest BCUT2D eigenvalue weighted by atomic mass is 10.0. The zero-order valence-corrected chi connectivity index (χ0v) is 12.3. The van der Waals surface area contributed by atoms with Crippen LogP contribution < -0.4 is 11.5 Å². The topological polar surface area (TPSA) is 69.1 Å². The maximum Gasteiger partial charge on any atom is 0.163 e. The summed E-state index contributed by atoms with van der Waals surface area (Å²) in [7, 11) is 0. The number of carbonyl (C=O) groups is 1. The largest absolute Gasteiger partial charge is 0.399 e. The molecule has 110 valence electrons. The second-order valence-electron chi connectivity index (χ2n) is 5.48. The first-order valence-electron chi connectivity index (χ1n) is 7.29. The first-order valence-corrected chi connectivity index (χ1v) is 7.29. The Bertz CT molecular complexity index is 753. The standard InChI is InChI=1S/C19H18N2O/c20-16-6-1-13(2-7-16)11-15-5-10-19(22)18(15)12-14-3-8-17(21)9-4-14/h1-4,6-9,11-12H,5,10,20-21H2. The van der Waals surface area contributed by atoms with Gasteiger partial charge in [-0.25, -0.2) is 0 Å². The van der Waals surface area contributed by atoms with Crippen LogP contribution in [0, 0.1) is 0 Å². The van der Waals surface area contributed by atoms with E-state index in [0.717, 1.165) is 40.1 Å². The van der Waals surface area contributed by atoms with E-state index < -0.39 is 0 Å². The number of benzene rings is 2. The van der Waals surface area contributed by atoms with Crippen LogP contribution in [0.5, 0.6) is 0 Å². The van der Waals surface area contributed by atoms with Gasteiger partial charge in [0, 0.05) is 23.4 Å². The molecule has 3 nitrogen and oxygen atoms in total. The molecule has 1 aliphatic rings. The SMILES string of the molecule is Nc1ccc(C=C2CCC(=O)C2=Cc2ccc(N)cc2)cc1. The third kappa shape index (κ3) is 3.09. The van der Waals surface area contributed by atoms with E-state index in [2.05, 4.69) is 6.08 Å². The molecular formula is C19H18N2O. The Morgan fingerprint density at radius 1 is 0.727 bits per heavy atom. The Morgan fingerprint density at radius 3 is 1.77 bits per heavy atom. The normalized spacial score (nSPS) is 18.3. The molecule has 4 N–H and O–H groups in total. The van der Waals surface area contributed by atoms with E-state index in [9.17, 15) is 4.79 Å². The lowest BCUT2D eigenvalue weighted by Gasteiger charge is -2.02. The van der Waals surface area contributed by atoms with E-state index in [1.165, 1.54) is 0 Å². The number of Topliss-reactive ketones (excluding diaryl/α,β-unsaturated/α-hetero) is 1. The van der Waals surface area contributed by atoms with Crippen LogP contribution in [0.2, 0.25) is 0 Å². The third-order valence-corrected chi connectivity index (χ3v) is 3.79. The molecule has 1 fully saturated rings. The Balaban J connectivity index is 1.95. The molecule has 22 heavy (non-hydrogen) atoms. The summed E-state index contributed by atoms with van der Waals surface area (Å²) in [5, 5.41) is 0. The van der Waals surface area contributed by atoms with Gasteiger partial charge >= 0.3 is 0 Å². The van der Waals surface area contributed by atoms with E-state index >= 15 is 0 Å². The second-order valence-corrected chi connectivity index (χ2v) is 5.48. The summed E-state index contributed by atoms with van der Waals surface area (Å²) >= 11 is 0. The van der Waals surface area contributed by atoms with Crippen LogP contribution in [-0.4, -0.2) is 5.78 Å². The monoisotopic (exact) mass is 290 g/mol. The van der Waals surface area contributed by atoms with E-state index in [1.54, 1.807) is 0 Å². The molecule has 2 aromatic rings. The molecule has 0 radical (unpaired) electrons. The Morgan fingerprint density at radius 2 is 1.23 bits per heavy atom. The van der Waals surface area contributed by atoms with E-state index in [0.29, 0.717) is 6.42 Å². The van der Waals surface area contributed by atoms with Gasteiger partial charge in [-0.3, -0.25) is 4.79 Å². The molecule has 0 amide bonds. The highest BCUT2D eigenvalue weighted by Crippen LogP contribution is 2.31. The van der Waals surface area contributed by atoms with Gasteiger partial charge in [0.2, 0.25) is 0 Å². The highest BCUT2D eigenvalue weighted by atomic mass is 16.1. The van der Waals surface area contributed by atoms with Crippen molar-refractivity contribution < 1.29 is 4.79 Å². The summed E-state index contributed by atoms with van der Waals surface area (Å²) in [5.74, 6) is 0.193. The average Bonchev–Trinajstić information content (AvgIpc) is 2.85. The number of nitrogens with two attached hydrogens (primary N) is 2. The molecule has 0 heterocycles. The fourth-order valence-corrected chi connectivity index (χ4v) is 2.57. The van der Waals surface area contributed by atoms with Crippen LogP contribution >= 0.6 is 0 Å². The zero-order chi connectivity index (χ0) is 15.5. The lowest BCUT2D eigenvalue weighted by molar-refractivity contribution is -0.114. The Labute approximate surface area is 129 Å². The number of rotatable bonds is 2. The van der Waals surface area contributed by atoms with E-state index in [-0.39, 0.29) is 5.78 Å². The number of anilines is 2. The summed E-state index contributed by atoms with van der Waals surface area (Å²) in [4.78, 5) is 12.1. The van der Waals surface area contributed by atoms with Crippen LogP contribution in [0.15, 0.2) is 59.7 Å². The number of hydrogen-bond donors (Lipinski definition) is 2. The molecule has 0 spiro atoms.